The van der Waals surface area contributed by atoms with Gasteiger partial charge in [-0.25, -0.2) is 0 Å². The maximum absolute atomic E-state index is 8.86. The van der Waals surface area contributed by atoms with Gasteiger partial charge in [0.2, 0.25) is 0 Å². The van der Waals surface area contributed by atoms with Crippen molar-refractivity contribution in [3.05, 3.63) is 35.9 Å². The van der Waals surface area contributed by atoms with Crippen LogP contribution in [0.3, 0.4) is 0 Å². The standard InChI is InChI=1S/C12H16O3/c13-8-11-9-14-12(15-11)7-6-10-4-2-1-3-5-10/h1-5,11-13H,6-9H2. The normalized spacial score (nSPS) is 25.7. The highest BCUT2D eigenvalue weighted by Gasteiger charge is 2.24. The Kier molecular flexibility index (Phi) is 3.72. The van der Waals surface area contributed by atoms with E-state index in [1.807, 2.05) is 18.2 Å². The van der Waals surface area contributed by atoms with Gasteiger partial charge >= 0.3 is 0 Å². The van der Waals surface area contributed by atoms with Crippen LogP contribution in [0.15, 0.2) is 30.3 Å². The first-order chi connectivity index (χ1) is 7.38. The first-order valence-corrected chi connectivity index (χ1v) is 5.30. The fourth-order valence-electron chi connectivity index (χ4n) is 1.68. The summed E-state index contributed by atoms with van der Waals surface area (Å²) < 4.78 is 10.9. The number of aliphatic hydroxyl groups excluding tert-OH is 1. The van der Waals surface area contributed by atoms with Gasteiger partial charge in [0, 0.05) is 6.42 Å². The SMILES string of the molecule is OCC1COC(CCc2ccccc2)O1. The molecule has 1 fully saturated rings. The molecule has 82 valence electrons. The molecule has 0 aliphatic carbocycles. The van der Waals surface area contributed by atoms with Crippen molar-refractivity contribution in [2.24, 2.45) is 0 Å². The summed E-state index contributed by atoms with van der Waals surface area (Å²) >= 11 is 0. The lowest BCUT2D eigenvalue weighted by atomic mass is 10.1. The zero-order valence-electron chi connectivity index (χ0n) is 8.63. The highest BCUT2D eigenvalue weighted by Crippen LogP contribution is 2.16. The van der Waals surface area contributed by atoms with Crippen molar-refractivity contribution >= 4 is 0 Å². The zero-order chi connectivity index (χ0) is 10.5. The minimum absolute atomic E-state index is 0.0435. The maximum atomic E-state index is 8.86. The Balaban J connectivity index is 1.75. The van der Waals surface area contributed by atoms with Crippen LogP contribution in [0.4, 0.5) is 0 Å². The van der Waals surface area contributed by atoms with Crippen molar-refractivity contribution < 1.29 is 14.6 Å². The average Bonchev–Trinajstić information content (AvgIpc) is 2.76. The van der Waals surface area contributed by atoms with Crippen LogP contribution in [-0.2, 0) is 15.9 Å². The first-order valence-electron chi connectivity index (χ1n) is 5.30. The molecule has 0 saturated carbocycles. The summed E-state index contributed by atoms with van der Waals surface area (Å²) in [7, 11) is 0. The van der Waals surface area contributed by atoms with Gasteiger partial charge in [-0.15, -0.1) is 0 Å². The van der Waals surface area contributed by atoms with E-state index in [1.165, 1.54) is 5.56 Å². The van der Waals surface area contributed by atoms with Gasteiger partial charge in [0.25, 0.3) is 0 Å². The van der Waals surface area contributed by atoms with Crippen LogP contribution in [0.2, 0.25) is 0 Å². The summed E-state index contributed by atoms with van der Waals surface area (Å²) in [5, 5.41) is 8.86. The lowest BCUT2D eigenvalue weighted by Crippen LogP contribution is -2.16. The second kappa shape index (κ2) is 5.26. The molecule has 2 rings (SSSR count). The van der Waals surface area contributed by atoms with Crippen LogP contribution in [0.25, 0.3) is 0 Å². The number of hydrogen-bond donors (Lipinski definition) is 1. The Morgan fingerprint density at radius 2 is 2.07 bits per heavy atom. The Morgan fingerprint density at radius 1 is 1.27 bits per heavy atom. The quantitative estimate of drug-likeness (QED) is 0.811. The second-order valence-electron chi connectivity index (χ2n) is 3.73. The Labute approximate surface area is 89.6 Å². The molecule has 1 saturated heterocycles. The number of aliphatic hydroxyl groups is 1. The third kappa shape index (κ3) is 3.02. The molecule has 1 N–H and O–H groups in total. The molecule has 1 aliphatic heterocycles. The molecule has 1 heterocycles. The van der Waals surface area contributed by atoms with E-state index in [9.17, 15) is 0 Å². The van der Waals surface area contributed by atoms with Gasteiger partial charge in [0.15, 0.2) is 6.29 Å². The van der Waals surface area contributed by atoms with Crippen LogP contribution >= 0.6 is 0 Å². The fraction of sp³-hybridized carbons (Fsp3) is 0.500. The van der Waals surface area contributed by atoms with Crippen LogP contribution in [0, 0.1) is 0 Å². The maximum Gasteiger partial charge on any atom is 0.158 e. The largest absolute Gasteiger partial charge is 0.394 e. The average molecular weight is 208 g/mol. The van der Waals surface area contributed by atoms with Gasteiger partial charge in [0.1, 0.15) is 6.10 Å². The van der Waals surface area contributed by atoms with E-state index in [0.717, 1.165) is 12.8 Å². The van der Waals surface area contributed by atoms with Crippen LogP contribution < -0.4 is 0 Å². The van der Waals surface area contributed by atoms with Gasteiger partial charge in [-0.1, -0.05) is 30.3 Å². The van der Waals surface area contributed by atoms with Crippen molar-refractivity contribution in [2.45, 2.75) is 25.2 Å². The van der Waals surface area contributed by atoms with Crippen molar-refractivity contribution in [3.63, 3.8) is 0 Å². The molecule has 3 heteroatoms. The smallest absolute Gasteiger partial charge is 0.158 e. The molecule has 1 aromatic rings. The Bertz CT molecular complexity index is 286. The van der Waals surface area contributed by atoms with E-state index in [-0.39, 0.29) is 19.0 Å². The number of aryl methyl sites for hydroxylation is 1. The lowest BCUT2D eigenvalue weighted by molar-refractivity contribution is -0.0686. The van der Waals surface area contributed by atoms with E-state index in [2.05, 4.69) is 12.1 Å². The van der Waals surface area contributed by atoms with Gasteiger partial charge in [0.05, 0.1) is 13.2 Å². The molecule has 0 spiro atoms. The van der Waals surface area contributed by atoms with E-state index in [1.54, 1.807) is 0 Å². The van der Waals surface area contributed by atoms with Crippen molar-refractivity contribution in [2.75, 3.05) is 13.2 Å². The molecule has 0 amide bonds. The highest BCUT2D eigenvalue weighted by atomic mass is 16.7. The van der Waals surface area contributed by atoms with Gasteiger partial charge in [-0.3, -0.25) is 0 Å². The summed E-state index contributed by atoms with van der Waals surface area (Å²) in [6.07, 6.45) is 1.51. The molecule has 2 unspecified atom stereocenters. The summed E-state index contributed by atoms with van der Waals surface area (Å²) in [5.74, 6) is 0. The highest BCUT2D eigenvalue weighted by molar-refractivity contribution is 5.14. The molecular weight excluding hydrogens is 192 g/mol. The lowest BCUT2D eigenvalue weighted by Gasteiger charge is -2.09. The van der Waals surface area contributed by atoms with Crippen molar-refractivity contribution in [1.82, 2.24) is 0 Å². The zero-order valence-corrected chi connectivity index (χ0v) is 8.63. The third-order valence-corrected chi connectivity index (χ3v) is 2.53. The molecule has 0 bridgehead atoms. The van der Waals surface area contributed by atoms with E-state index in [4.69, 9.17) is 14.6 Å². The van der Waals surface area contributed by atoms with Crippen LogP contribution in [-0.4, -0.2) is 30.7 Å². The predicted molar refractivity (Wildman–Crippen MR) is 56.5 cm³/mol. The minimum atomic E-state index is -0.151. The van der Waals surface area contributed by atoms with Crippen LogP contribution in [0.5, 0.6) is 0 Å². The first kappa shape index (κ1) is 10.6. The molecule has 3 nitrogen and oxygen atoms in total. The number of benzene rings is 1. The number of hydrogen-bond acceptors (Lipinski definition) is 3. The molecule has 1 aliphatic rings. The third-order valence-electron chi connectivity index (χ3n) is 2.53. The summed E-state index contributed by atoms with van der Waals surface area (Å²) in [5.41, 5.74) is 1.29. The molecule has 1 aromatic carbocycles. The molecule has 0 aromatic heterocycles. The number of ether oxygens (including phenoxy) is 2. The number of rotatable bonds is 4. The van der Waals surface area contributed by atoms with Crippen molar-refractivity contribution in [3.8, 4) is 0 Å². The topological polar surface area (TPSA) is 38.7 Å². The molecule has 15 heavy (non-hydrogen) atoms. The minimum Gasteiger partial charge on any atom is -0.394 e. The van der Waals surface area contributed by atoms with Gasteiger partial charge in [-0.2, -0.15) is 0 Å². The second-order valence-corrected chi connectivity index (χ2v) is 3.73. The molecule has 0 radical (unpaired) electrons. The fourth-order valence-corrected chi connectivity index (χ4v) is 1.68. The van der Waals surface area contributed by atoms with Gasteiger partial charge in [-0.05, 0) is 12.0 Å². The summed E-state index contributed by atoms with van der Waals surface area (Å²) in [6, 6.07) is 10.3. The molecule has 2 atom stereocenters. The molecular formula is C12H16O3. The summed E-state index contributed by atoms with van der Waals surface area (Å²) in [6.45, 7) is 0.553. The van der Waals surface area contributed by atoms with E-state index in [0.29, 0.717) is 6.61 Å². The summed E-state index contributed by atoms with van der Waals surface area (Å²) in [4.78, 5) is 0. The van der Waals surface area contributed by atoms with E-state index >= 15 is 0 Å². The Hall–Kier alpha value is -0.900. The monoisotopic (exact) mass is 208 g/mol. The van der Waals surface area contributed by atoms with E-state index < -0.39 is 0 Å². The predicted octanol–water partition coefficient (Wildman–Crippen LogP) is 1.35. The van der Waals surface area contributed by atoms with Gasteiger partial charge < -0.3 is 14.6 Å². The Morgan fingerprint density at radius 3 is 2.73 bits per heavy atom. The van der Waals surface area contributed by atoms with Crippen LogP contribution in [0.1, 0.15) is 12.0 Å². The van der Waals surface area contributed by atoms with Crippen molar-refractivity contribution in [1.29, 1.82) is 0 Å².